The van der Waals surface area contributed by atoms with Crippen LogP contribution < -0.4 is 15.6 Å². The van der Waals surface area contributed by atoms with Crippen LogP contribution >= 0.6 is 0 Å². The number of anilines is 1. The molecule has 31 heavy (non-hydrogen) atoms. The Bertz CT molecular complexity index is 1230. The van der Waals surface area contributed by atoms with Crippen molar-refractivity contribution in [2.45, 2.75) is 13.5 Å². The number of carbonyl (C=O) groups excluding carboxylic acids is 1. The zero-order chi connectivity index (χ0) is 21.6. The van der Waals surface area contributed by atoms with E-state index in [2.05, 4.69) is 15.4 Å². The van der Waals surface area contributed by atoms with Crippen molar-refractivity contribution in [2.24, 2.45) is 0 Å². The first-order chi connectivity index (χ1) is 15.1. The molecule has 0 fully saturated rings. The summed E-state index contributed by atoms with van der Waals surface area (Å²) in [5, 5.41) is 6.94. The predicted octanol–water partition coefficient (Wildman–Crippen LogP) is 3.54. The van der Waals surface area contributed by atoms with Gasteiger partial charge >= 0.3 is 0 Å². The van der Waals surface area contributed by atoms with Crippen molar-refractivity contribution >= 4 is 11.6 Å². The Labute approximate surface area is 178 Å². The molecular formula is C23H20N4O4. The average Bonchev–Trinajstić information content (AvgIpc) is 3.22. The summed E-state index contributed by atoms with van der Waals surface area (Å²) >= 11 is 0. The molecule has 4 rings (SSSR count). The molecule has 0 atom stereocenters. The minimum absolute atomic E-state index is 0.135. The second-order valence-electron chi connectivity index (χ2n) is 6.72. The van der Waals surface area contributed by atoms with Crippen LogP contribution in [-0.2, 0) is 6.54 Å². The summed E-state index contributed by atoms with van der Waals surface area (Å²) in [6.45, 7) is 2.25. The minimum Gasteiger partial charge on any atom is -0.492 e. The number of nitrogens with zero attached hydrogens (tertiary/aromatic N) is 3. The van der Waals surface area contributed by atoms with Gasteiger partial charge < -0.3 is 14.5 Å². The molecule has 0 aliphatic heterocycles. The summed E-state index contributed by atoms with van der Waals surface area (Å²) in [6, 6.07) is 19.2. The highest BCUT2D eigenvalue weighted by Crippen LogP contribution is 2.21. The lowest BCUT2D eigenvalue weighted by atomic mass is 10.1. The third-order valence-electron chi connectivity index (χ3n) is 4.47. The number of aryl methyl sites for hydroxylation is 1. The standard InChI is InChI=1S/C23H20N4O4/c1-16-24-21(15-31-16)17-7-9-18(10-8-17)25-23(29)20-11-12-22(28)27(26-20)13-14-30-19-5-3-2-4-6-19/h2-12,15H,13-14H2,1H3,(H,25,29). The Kier molecular flexibility index (Phi) is 5.89. The maximum Gasteiger partial charge on any atom is 0.276 e. The monoisotopic (exact) mass is 416 g/mol. The fraction of sp³-hybridized carbons (Fsp3) is 0.130. The number of oxazole rings is 1. The molecule has 8 nitrogen and oxygen atoms in total. The molecule has 0 bridgehead atoms. The fourth-order valence-electron chi connectivity index (χ4n) is 2.91. The van der Waals surface area contributed by atoms with Gasteiger partial charge in [-0.05, 0) is 30.3 Å². The van der Waals surface area contributed by atoms with E-state index in [0.717, 1.165) is 11.3 Å². The number of aromatic nitrogens is 3. The van der Waals surface area contributed by atoms with Crippen LogP contribution in [0.25, 0.3) is 11.3 Å². The summed E-state index contributed by atoms with van der Waals surface area (Å²) in [6.07, 6.45) is 1.58. The average molecular weight is 416 g/mol. The molecule has 1 N–H and O–H groups in total. The van der Waals surface area contributed by atoms with Crippen LogP contribution in [-0.4, -0.2) is 27.3 Å². The quantitative estimate of drug-likeness (QED) is 0.495. The number of hydrogen-bond donors (Lipinski definition) is 1. The van der Waals surface area contributed by atoms with E-state index in [0.29, 0.717) is 17.3 Å². The van der Waals surface area contributed by atoms with Crippen molar-refractivity contribution in [3.63, 3.8) is 0 Å². The van der Waals surface area contributed by atoms with Gasteiger partial charge in [0.25, 0.3) is 11.5 Å². The largest absolute Gasteiger partial charge is 0.492 e. The van der Waals surface area contributed by atoms with Crippen LogP contribution in [0.3, 0.4) is 0 Å². The van der Waals surface area contributed by atoms with Gasteiger partial charge in [-0.25, -0.2) is 9.67 Å². The van der Waals surface area contributed by atoms with Gasteiger partial charge in [0.05, 0.1) is 6.54 Å². The number of ether oxygens (including phenoxy) is 1. The Balaban J connectivity index is 1.40. The van der Waals surface area contributed by atoms with E-state index in [1.807, 2.05) is 42.5 Å². The summed E-state index contributed by atoms with van der Waals surface area (Å²) in [5.74, 6) is 0.874. The van der Waals surface area contributed by atoms with Crippen LogP contribution in [0, 0.1) is 6.92 Å². The molecule has 0 aliphatic carbocycles. The molecule has 0 aliphatic rings. The van der Waals surface area contributed by atoms with Crippen LogP contribution in [0.2, 0.25) is 0 Å². The SMILES string of the molecule is Cc1nc(-c2ccc(NC(=O)c3ccc(=O)n(CCOc4ccccc4)n3)cc2)co1. The maximum atomic E-state index is 12.6. The van der Waals surface area contributed by atoms with E-state index in [4.69, 9.17) is 9.15 Å². The van der Waals surface area contributed by atoms with Crippen molar-refractivity contribution in [2.75, 3.05) is 11.9 Å². The minimum atomic E-state index is -0.414. The number of hydrogen-bond acceptors (Lipinski definition) is 6. The molecule has 8 heteroatoms. The highest BCUT2D eigenvalue weighted by Gasteiger charge is 2.11. The first-order valence-corrected chi connectivity index (χ1v) is 9.68. The van der Waals surface area contributed by atoms with Crippen LogP contribution in [0.5, 0.6) is 5.75 Å². The highest BCUT2D eigenvalue weighted by atomic mass is 16.5. The van der Waals surface area contributed by atoms with E-state index in [1.54, 1.807) is 25.3 Å². The first-order valence-electron chi connectivity index (χ1n) is 9.68. The first kappa shape index (κ1) is 20.1. The van der Waals surface area contributed by atoms with Crippen molar-refractivity contribution in [3.05, 3.63) is 94.9 Å². The summed E-state index contributed by atoms with van der Waals surface area (Å²) < 4.78 is 12.0. The molecule has 1 amide bonds. The Hall–Kier alpha value is -4.20. The number of carbonyl (C=O) groups is 1. The zero-order valence-electron chi connectivity index (χ0n) is 16.8. The van der Waals surface area contributed by atoms with Gasteiger partial charge in [0, 0.05) is 24.2 Å². The number of nitrogens with one attached hydrogen (secondary N) is 1. The van der Waals surface area contributed by atoms with Crippen molar-refractivity contribution in [3.8, 4) is 17.0 Å². The van der Waals surface area contributed by atoms with E-state index >= 15 is 0 Å². The molecule has 0 unspecified atom stereocenters. The Morgan fingerprint density at radius 2 is 1.84 bits per heavy atom. The summed E-state index contributed by atoms with van der Waals surface area (Å²) in [4.78, 5) is 28.9. The lowest BCUT2D eigenvalue weighted by Gasteiger charge is -2.09. The maximum absolute atomic E-state index is 12.6. The lowest BCUT2D eigenvalue weighted by Crippen LogP contribution is -2.28. The van der Waals surface area contributed by atoms with E-state index in [9.17, 15) is 9.59 Å². The predicted molar refractivity (Wildman–Crippen MR) is 115 cm³/mol. The second-order valence-corrected chi connectivity index (χ2v) is 6.72. The molecule has 0 spiro atoms. The molecule has 0 saturated heterocycles. The fourth-order valence-corrected chi connectivity index (χ4v) is 2.91. The van der Waals surface area contributed by atoms with E-state index in [-0.39, 0.29) is 24.4 Å². The van der Waals surface area contributed by atoms with Crippen LogP contribution in [0.1, 0.15) is 16.4 Å². The smallest absolute Gasteiger partial charge is 0.276 e. The topological polar surface area (TPSA) is 99.2 Å². The molecule has 2 aromatic carbocycles. The highest BCUT2D eigenvalue weighted by molar-refractivity contribution is 6.02. The number of rotatable bonds is 7. The second kappa shape index (κ2) is 9.08. The van der Waals surface area contributed by atoms with E-state index in [1.165, 1.54) is 16.8 Å². The molecule has 0 radical (unpaired) electrons. The van der Waals surface area contributed by atoms with Gasteiger partial charge in [0.2, 0.25) is 0 Å². The molecule has 2 aromatic heterocycles. The summed E-state index contributed by atoms with van der Waals surface area (Å²) in [7, 11) is 0. The van der Waals surface area contributed by atoms with E-state index < -0.39 is 5.91 Å². The Morgan fingerprint density at radius 1 is 1.06 bits per heavy atom. The van der Waals surface area contributed by atoms with Crippen LogP contribution in [0.4, 0.5) is 5.69 Å². The van der Waals surface area contributed by atoms with Crippen LogP contribution in [0.15, 0.2) is 82.2 Å². The van der Waals surface area contributed by atoms with Crippen molar-refractivity contribution in [1.82, 2.24) is 14.8 Å². The van der Waals surface area contributed by atoms with Gasteiger partial charge in [-0.15, -0.1) is 0 Å². The number of benzene rings is 2. The van der Waals surface area contributed by atoms with Crippen molar-refractivity contribution in [1.29, 1.82) is 0 Å². The molecule has 156 valence electrons. The molecule has 4 aromatic rings. The Morgan fingerprint density at radius 3 is 2.55 bits per heavy atom. The summed E-state index contributed by atoms with van der Waals surface area (Å²) in [5.41, 5.74) is 2.03. The van der Waals surface area contributed by atoms with Crippen molar-refractivity contribution < 1.29 is 13.9 Å². The molecular weight excluding hydrogens is 396 g/mol. The third-order valence-corrected chi connectivity index (χ3v) is 4.47. The number of para-hydroxylation sites is 1. The van der Waals surface area contributed by atoms with Gasteiger partial charge in [0.1, 0.15) is 30.0 Å². The van der Waals surface area contributed by atoms with Gasteiger partial charge in [-0.1, -0.05) is 30.3 Å². The molecule has 0 saturated carbocycles. The van der Waals surface area contributed by atoms with Gasteiger partial charge in [-0.2, -0.15) is 5.10 Å². The molecule has 2 heterocycles. The van der Waals surface area contributed by atoms with Gasteiger partial charge in [-0.3, -0.25) is 9.59 Å². The third kappa shape index (κ3) is 5.05. The normalized spacial score (nSPS) is 10.6. The number of amides is 1. The lowest BCUT2D eigenvalue weighted by molar-refractivity contribution is 0.101. The zero-order valence-corrected chi connectivity index (χ0v) is 16.8. The van der Waals surface area contributed by atoms with Gasteiger partial charge in [0.15, 0.2) is 5.89 Å².